The summed E-state index contributed by atoms with van der Waals surface area (Å²) in [5.74, 6) is 0. The van der Waals surface area contributed by atoms with Gasteiger partial charge in [-0.15, -0.1) is 0 Å². The molecule has 80 valence electrons. The molecule has 0 saturated carbocycles. The molecule has 2 aromatic rings. The molecule has 2 heteroatoms. The monoisotopic (exact) mass is 265 g/mol. The lowest BCUT2D eigenvalue weighted by molar-refractivity contribution is 0.407. The van der Waals surface area contributed by atoms with E-state index in [0.29, 0.717) is 5.41 Å². The number of H-pyrrole nitrogens is 1. The molecule has 0 aliphatic rings. The SMILES string of the molecule is CC(C)(C)Cc1[nH]c2ccccc2c1Br. The molecule has 0 aliphatic heterocycles. The second-order valence-corrected chi connectivity index (χ2v) is 5.99. The Hall–Kier alpha value is -0.760. The van der Waals surface area contributed by atoms with E-state index in [2.05, 4.69) is 66.0 Å². The highest BCUT2D eigenvalue weighted by atomic mass is 79.9. The molecule has 0 atom stereocenters. The van der Waals surface area contributed by atoms with Gasteiger partial charge in [-0.2, -0.15) is 0 Å². The molecule has 0 bridgehead atoms. The van der Waals surface area contributed by atoms with Gasteiger partial charge in [0.2, 0.25) is 0 Å². The molecular weight excluding hydrogens is 250 g/mol. The number of nitrogens with one attached hydrogen (secondary N) is 1. The highest BCUT2D eigenvalue weighted by Crippen LogP contribution is 2.31. The van der Waals surface area contributed by atoms with E-state index in [-0.39, 0.29) is 0 Å². The Morgan fingerprint density at radius 3 is 2.47 bits per heavy atom. The summed E-state index contributed by atoms with van der Waals surface area (Å²) in [7, 11) is 0. The van der Waals surface area contributed by atoms with Crippen LogP contribution in [-0.4, -0.2) is 4.98 Å². The number of para-hydroxylation sites is 1. The van der Waals surface area contributed by atoms with E-state index in [0.717, 1.165) is 6.42 Å². The molecule has 0 radical (unpaired) electrons. The van der Waals surface area contributed by atoms with Gasteiger partial charge in [-0.05, 0) is 33.8 Å². The zero-order valence-corrected chi connectivity index (χ0v) is 11.0. The lowest BCUT2D eigenvalue weighted by Gasteiger charge is -2.17. The van der Waals surface area contributed by atoms with Gasteiger partial charge in [0.05, 0.1) is 0 Å². The van der Waals surface area contributed by atoms with Crippen LogP contribution in [0.1, 0.15) is 26.5 Å². The summed E-state index contributed by atoms with van der Waals surface area (Å²) in [4.78, 5) is 3.47. The van der Waals surface area contributed by atoms with Crippen molar-refractivity contribution in [2.45, 2.75) is 27.2 Å². The van der Waals surface area contributed by atoms with Crippen molar-refractivity contribution in [3.63, 3.8) is 0 Å². The van der Waals surface area contributed by atoms with Crippen LogP contribution in [-0.2, 0) is 6.42 Å². The van der Waals surface area contributed by atoms with E-state index in [1.165, 1.54) is 21.1 Å². The molecule has 0 aliphatic carbocycles. The van der Waals surface area contributed by atoms with Gasteiger partial charge >= 0.3 is 0 Å². The van der Waals surface area contributed by atoms with Crippen LogP contribution in [0.4, 0.5) is 0 Å². The fourth-order valence-corrected chi connectivity index (χ4v) is 2.40. The Morgan fingerprint density at radius 1 is 1.20 bits per heavy atom. The number of halogens is 1. The Kier molecular flexibility index (Phi) is 2.63. The fraction of sp³-hybridized carbons (Fsp3) is 0.385. The van der Waals surface area contributed by atoms with E-state index in [9.17, 15) is 0 Å². The van der Waals surface area contributed by atoms with E-state index < -0.39 is 0 Å². The smallest absolute Gasteiger partial charge is 0.0467 e. The summed E-state index contributed by atoms with van der Waals surface area (Å²) >= 11 is 3.67. The molecule has 0 spiro atoms. The average molecular weight is 266 g/mol. The van der Waals surface area contributed by atoms with Crippen LogP contribution in [0, 0.1) is 5.41 Å². The quantitative estimate of drug-likeness (QED) is 0.781. The first kappa shape index (κ1) is 10.7. The van der Waals surface area contributed by atoms with E-state index >= 15 is 0 Å². The predicted molar refractivity (Wildman–Crippen MR) is 69.2 cm³/mol. The topological polar surface area (TPSA) is 15.8 Å². The minimum Gasteiger partial charge on any atom is -0.357 e. The van der Waals surface area contributed by atoms with Gasteiger partial charge < -0.3 is 4.98 Å². The van der Waals surface area contributed by atoms with Crippen molar-refractivity contribution < 1.29 is 0 Å². The van der Waals surface area contributed by atoms with Crippen molar-refractivity contribution >= 4 is 26.8 Å². The number of hydrogen-bond acceptors (Lipinski definition) is 0. The van der Waals surface area contributed by atoms with Gasteiger partial charge in [-0.25, -0.2) is 0 Å². The van der Waals surface area contributed by atoms with E-state index in [1.54, 1.807) is 0 Å². The van der Waals surface area contributed by atoms with Crippen molar-refractivity contribution in [3.05, 3.63) is 34.4 Å². The molecule has 0 amide bonds. The molecular formula is C13H16BrN. The summed E-state index contributed by atoms with van der Waals surface area (Å²) in [6.45, 7) is 6.76. The van der Waals surface area contributed by atoms with Crippen molar-refractivity contribution in [2.75, 3.05) is 0 Å². The Balaban J connectivity index is 2.49. The highest BCUT2D eigenvalue weighted by molar-refractivity contribution is 9.10. The Morgan fingerprint density at radius 2 is 1.87 bits per heavy atom. The third kappa shape index (κ3) is 2.25. The van der Waals surface area contributed by atoms with Crippen LogP contribution in [0.3, 0.4) is 0 Å². The summed E-state index contributed by atoms with van der Waals surface area (Å²) in [6.07, 6.45) is 1.06. The fourth-order valence-electron chi connectivity index (χ4n) is 1.82. The van der Waals surface area contributed by atoms with Crippen molar-refractivity contribution in [3.8, 4) is 0 Å². The number of benzene rings is 1. The van der Waals surface area contributed by atoms with E-state index in [1.807, 2.05) is 0 Å². The first-order valence-corrected chi connectivity index (χ1v) is 6.02. The van der Waals surface area contributed by atoms with Gasteiger partial charge in [0, 0.05) is 21.1 Å². The highest BCUT2D eigenvalue weighted by Gasteiger charge is 2.16. The van der Waals surface area contributed by atoms with Gasteiger partial charge in [0.15, 0.2) is 0 Å². The first-order chi connectivity index (χ1) is 6.97. The zero-order valence-electron chi connectivity index (χ0n) is 9.39. The second-order valence-electron chi connectivity index (χ2n) is 5.20. The molecule has 2 rings (SSSR count). The van der Waals surface area contributed by atoms with Crippen LogP contribution in [0.2, 0.25) is 0 Å². The van der Waals surface area contributed by atoms with Crippen LogP contribution in [0.5, 0.6) is 0 Å². The molecule has 1 heterocycles. The summed E-state index contributed by atoms with van der Waals surface area (Å²) in [6, 6.07) is 8.39. The second kappa shape index (κ2) is 3.67. The van der Waals surface area contributed by atoms with Crippen molar-refractivity contribution in [1.82, 2.24) is 4.98 Å². The largest absolute Gasteiger partial charge is 0.357 e. The van der Waals surface area contributed by atoms with Gasteiger partial charge in [-0.3, -0.25) is 0 Å². The minimum absolute atomic E-state index is 0.309. The number of hydrogen-bond donors (Lipinski definition) is 1. The van der Waals surface area contributed by atoms with Gasteiger partial charge in [0.25, 0.3) is 0 Å². The standard InChI is InChI=1S/C13H16BrN/c1-13(2,3)8-11-12(14)9-6-4-5-7-10(9)15-11/h4-7,15H,8H2,1-3H3. The number of aromatic amines is 1. The average Bonchev–Trinajstić information content (AvgIpc) is 2.42. The van der Waals surface area contributed by atoms with Crippen LogP contribution < -0.4 is 0 Å². The maximum Gasteiger partial charge on any atom is 0.0467 e. The molecule has 15 heavy (non-hydrogen) atoms. The molecule has 0 fully saturated rings. The van der Waals surface area contributed by atoms with Crippen LogP contribution in [0.25, 0.3) is 10.9 Å². The molecule has 1 aromatic heterocycles. The van der Waals surface area contributed by atoms with Crippen molar-refractivity contribution in [2.24, 2.45) is 5.41 Å². The number of fused-ring (bicyclic) bond motifs is 1. The molecule has 0 unspecified atom stereocenters. The Bertz CT molecular complexity index is 477. The van der Waals surface area contributed by atoms with Crippen LogP contribution in [0.15, 0.2) is 28.7 Å². The molecule has 1 aromatic carbocycles. The van der Waals surface area contributed by atoms with Gasteiger partial charge in [0.1, 0.15) is 0 Å². The molecule has 1 nitrogen and oxygen atoms in total. The normalized spacial score (nSPS) is 12.3. The number of rotatable bonds is 1. The first-order valence-electron chi connectivity index (χ1n) is 5.22. The minimum atomic E-state index is 0.309. The molecule has 1 N–H and O–H groups in total. The van der Waals surface area contributed by atoms with Crippen LogP contribution >= 0.6 is 15.9 Å². The summed E-state index contributed by atoms with van der Waals surface area (Å²) in [5.41, 5.74) is 2.82. The third-order valence-electron chi connectivity index (χ3n) is 2.42. The zero-order chi connectivity index (χ0) is 11.1. The lowest BCUT2D eigenvalue weighted by Crippen LogP contribution is -2.09. The number of aromatic nitrogens is 1. The summed E-state index contributed by atoms with van der Waals surface area (Å²) in [5, 5.41) is 1.27. The van der Waals surface area contributed by atoms with E-state index in [4.69, 9.17) is 0 Å². The predicted octanol–water partition coefficient (Wildman–Crippen LogP) is 4.52. The van der Waals surface area contributed by atoms with Gasteiger partial charge in [-0.1, -0.05) is 39.0 Å². The van der Waals surface area contributed by atoms with Crippen molar-refractivity contribution in [1.29, 1.82) is 0 Å². The Labute approximate surface area is 99.0 Å². The maximum atomic E-state index is 3.67. The maximum absolute atomic E-state index is 3.67. The molecule has 0 saturated heterocycles. The lowest BCUT2D eigenvalue weighted by atomic mass is 9.91. The third-order valence-corrected chi connectivity index (χ3v) is 3.33. The summed E-state index contributed by atoms with van der Waals surface area (Å²) < 4.78 is 1.22.